The number of carboxylic acid groups (broad SMARTS) is 1. The molecule has 0 amide bonds. The number of H-pyrrole nitrogens is 1. The number of carbonyl (C=O) groups is 1. The first kappa shape index (κ1) is 30.8. The van der Waals surface area contributed by atoms with E-state index in [1.807, 2.05) is 35.7 Å². The van der Waals surface area contributed by atoms with E-state index in [9.17, 15) is 4.79 Å². The third kappa shape index (κ3) is 7.66. The van der Waals surface area contributed by atoms with Crippen LogP contribution in [0.25, 0.3) is 10.9 Å². The summed E-state index contributed by atoms with van der Waals surface area (Å²) in [5, 5.41) is 21.8. The largest absolute Gasteiger partial charge is 0.491 e. The summed E-state index contributed by atoms with van der Waals surface area (Å²) in [6.07, 6.45) is 0.0985. The number of benzene rings is 1. The van der Waals surface area contributed by atoms with Gasteiger partial charge in [0.15, 0.2) is 0 Å². The number of rotatable bonds is 9. The second-order valence-electron chi connectivity index (χ2n) is 6.31. The number of thioether (sulfide) groups is 1. The number of aliphatic hydroxyl groups is 1. The van der Waals surface area contributed by atoms with Gasteiger partial charge < -0.3 is 35.6 Å². The normalized spacial score (nSPS) is 14.2. The Bertz CT molecular complexity index is 1040. The highest BCUT2D eigenvalue weighted by atomic mass is 32.2. The zero-order valence-electron chi connectivity index (χ0n) is 16.3. The SMILES string of the molecule is C.C.O.O.O=C(O)CC1CN=C(c2cc3cc(OCCO)cc(NSc4cccs4)c3[nH]2)S1. The maximum Gasteiger partial charge on any atom is 0.304 e. The van der Waals surface area contributed by atoms with Crippen molar-refractivity contribution in [2.75, 3.05) is 24.5 Å². The Morgan fingerprint density at radius 3 is 2.76 bits per heavy atom. The van der Waals surface area contributed by atoms with Crippen molar-refractivity contribution in [3.05, 3.63) is 41.4 Å². The molecule has 1 atom stereocenters. The van der Waals surface area contributed by atoms with Crippen molar-refractivity contribution < 1.29 is 30.7 Å². The third-order valence-corrected chi connectivity index (χ3v) is 7.25. The molecule has 0 saturated heterocycles. The van der Waals surface area contributed by atoms with Gasteiger partial charge in [0.1, 0.15) is 17.4 Å². The van der Waals surface area contributed by atoms with Gasteiger partial charge >= 0.3 is 5.97 Å². The lowest BCUT2D eigenvalue weighted by Crippen LogP contribution is -2.10. The Hall–Kier alpha value is -2.22. The molecule has 0 bridgehead atoms. The second kappa shape index (κ2) is 14.1. The van der Waals surface area contributed by atoms with Gasteiger partial charge in [-0.15, -0.1) is 11.3 Å². The van der Waals surface area contributed by atoms with E-state index >= 15 is 0 Å². The number of aromatic amines is 1. The molecule has 1 aromatic carbocycles. The number of nitrogens with zero attached hydrogens (tertiary/aromatic N) is 1. The van der Waals surface area contributed by atoms with Crippen LogP contribution in [0.4, 0.5) is 5.69 Å². The molecule has 33 heavy (non-hydrogen) atoms. The molecule has 1 aliphatic heterocycles. The Kier molecular flexibility index (Phi) is 13.2. The van der Waals surface area contributed by atoms with Crippen LogP contribution < -0.4 is 9.46 Å². The van der Waals surface area contributed by atoms with Crippen molar-refractivity contribution in [1.82, 2.24) is 4.98 Å². The van der Waals surface area contributed by atoms with E-state index in [-0.39, 0.29) is 50.7 Å². The lowest BCUT2D eigenvalue weighted by atomic mass is 10.2. The van der Waals surface area contributed by atoms with Crippen LogP contribution in [0, 0.1) is 0 Å². The minimum atomic E-state index is -0.807. The number of hydrogen-bond donors (Lipinski definition) is 4. The van der Waals surface area contributed by atoms with Gasteiger partial charge in [0.05, 0.1) is 40.7 Å². The standard InChI is InChI=1S/C19H19N3O4S3.2CH4.2H2O/c23-3-4-26-12-6-11-7-15(19-20-10-13(28-19)9-16(24)25)21-18(11)14(8-12)22-29-17-2-1-5-27-17;;;;/h1-2,5-8,13,21-23H,3-4,9-10H2,(H,24,25);2*1H4;2*1H2. The molecule has 3 aromatic rings. The summed E-state index contributed by atoms with van der Waals surface area (Å²) >= 11 is 4.66. The van der Waals surface area contributed by atoms with E-state index < -0.39 is 5.97 Å². The first-order valence-corrected chi connectivity index (χ1v) is 11.5. The first-order valence-electron chi connectivity index (χ1n) is 8.92. The van der Waals surface area contributed by atoms with Crippen LogP contribution in [0.5, 0.6) is 5.75 Å². The van der Waals surface area contributed by atoms with Gasteiger partial charge in [-0.2, -0.15) is 0 Å². The minimum Gasteiger partial charge on any atom is -0.491 e. The van der Waals surface area contributed by atoms with Crippen molar-refractivity contribution in [2.45, 2.75) is 30.7 Å². The highest BCUT2D eigenvalue weighted by Crippen LogP contribution is 2.36. The number of aliphatic carboxylic acids is 1. The zero-order chi connectivity index (χ0) is 20.2. The number of fused-ring (bicyclic) bond motifs is 1. The molecule has 12 heteroatoms. The number of anilines is 1. The quantitative estimate of drug-likeness (QED) is 0.314. The molecule has 3 heterocycles. The monoisotopic (exact) mass is 517 g/mol. The van der Waals surface area contributed by atoms with Crippen molar-refractivity contribution in [1.29, 1.82) is 0 Å². The van der Waals surface area contributed by atoms with Gasteiger partial charge in [0.2, 0.25) is 0 Å². The van der Waals surface area contributed by atoms with E-state index in [4.69, 9.17) is 14.9 Å². The van der Waals surface area contributed by atoms with E-state index in [2.05, 4.69) is 14.7 Å². The molecule has 184 valence electrons. The van der Waals surface area contributed by atoms with Gasteiger partial charge in [-0.25, -0.2) is 0 Å². The molecular formula is C21H31N3O6S3. The van der Waals surface area contributed by atoms with Gasteiger partial charge in [-0.3, -0.25) is 9.79 Å². The Morgan fingerprint density at radius 1 is 1.30 bits per heavy atom. The van der Waals surface area contributed by atoms with Crippen LogP contribution in [-0.4, -0.2) is 62.2 Å². The summed E-state index contributed by atoms with van der Waals surface area (Å²) in [4.78, 5) is 18.9. The molecular weight excluding hydrogens is 486 g/mol. The van der Waals surface area contributed by atoms with Gasteiger partial charge in [-0.05, 0) is 35.5 Å². The average Bonchev–Trinajstić information content (AvgIpc) is 3.44. The predicted molar refractivity (Wildman–Crippen MR) is 140 cm³/mol. The summed E-state index contributed by atoms with van der Waals surface area (Å²) < 4.78 is 10.1. The van der Waals surface area contributed by atoms with Crippen LogP contribution in [0.15, 0.2) is 44.9 Å². The molecule has 0 aliphatic carbocycles. The molecule has 0 fully saturated rings. The highest BCUT2D eigenvalue weighted by Gasteiger charge is 2.24. The number of hydrogen-bond acceptors (Lipinski definition) is 8. The molecule has 0 spiro atoms. The van der Waals surface area contributed by atoms with E-state index in [0.29, 0.717) is 12.3 Å². The molecule has 1 aliphatic rings. The molecule has 9 nitrogen and oxygen atoms in total. The molecule has 2 aromatic heterocycles. The third-order valence-electron chi connectivity index (χ3n) is 4.17. The van der Waals surface area contributed by atoms with Crippen molar-refractivity contribution in [2.24, 2.45) is 4.99 Å². The van der Waals surface area contributed by atoms with Crippen molar-refractivity contribution >= 4 is 62.6 Å². The Balaban J connectivity index is 0.00000256. The molecule has 0 radical (unpaired) electrons. The lowest BCUT2D eigenvalue weighted by molar-refractivity contribution is -0.136. The van der Waals surface area contributed by atoms with Crippen molar-refractivity contribution in [3.8, 4) is 5.75 Å². The summed E-state index contributed by atoms with van der Waals surface area (Å²) in [7, 11) is 0. The number of aromatic nitrogens is 1. The zero-order valence-corrected chi connectivity index (χ0v) is 18.7. The van der Waals surface area contributed by atoms with Crippen LogP contribution in [0.3, 0.4) is 0 Å². The van der Waals surface area contributed by atoms with Gasteiger partial charge in [0, 0.05) is 16.7 Å². The number of thiophene rings is 1. The number of aliphatic hydroxyl groups excluding tert-OH is 1. The molecule has 4 rings (SSSR count). The number of nitrogens with one attached hydrogen (secondary N) is 2. The molecule has 1 unspecified atom stereocenters. The lowest BCUT2D eigenvalue weighted by Gasteiger charge is -2.10. The molecule has 8 N–H and O–H groups in total. The van der Waals surface area contributed by atoms with Crippen LogP contribution >= 0.6 is 35.0 Å². The molecule has 0 saturated carbocycles. The Morgan fingerprint density at radius 2 is 2.09 bits per heavy atom. The smallest absolute Gasteiger partial charge is 0.304 e. The summed E-state index contributed by atoms with van der Waals surface area (Å²) in [5.41, 5.74) is 2.65. The summed E-state index contributed by atoms with van der Waals surface area (Å²) in [6.45, 7) is 0.674. The Labute approximate surface area is 205 Å². The van der Waals surface area contributed by atoms with Gasteiger partial charge in [-0.1, -0.05) is 32.7 Å². The topological polar surface area (TPSA) is 170 Å². The van der Waals surface area contributed by atoms with Crippen LogP contribution in [0.2, 0.25) is 0 Å². The second-order valence-corrected chi connectivity index (χ2v) is 9.65. The van der Waals surface area contributed by atoms with Crippen molar-refractivity contribution in [3.63, 3.8) is 0 Å². The number of aliphatic imine (C=N–C) groups is 1. The van der Waals surface area contributed by atoms with Crippen LogP contribution in [-0.2, 0) is 4.79 Å². The minimum absolute atomic E-state index is 0. The maximum atomic E-state index is 11.0. The average molecular weight is 518 g/mol. The fourth-order valence-electron chi connectivity index (χ4n) is 2.95. The highest BCUT2D eigenvalue weighted by molar-refractivity contribution is 8.15. The number of ether oxygens (including phenoxy) is 1. The fraction of sp³-hybridized carbons (Fsp3) is 0.333. The van der Waals surface area contributed by atoms with Crippen LogP contribution in [0.1, 0.15) is 27.0 Å². The van der Waals surface area contributed by atoms with Gasteiger partial charge in [0.25, 0.3) is 0 Å². The first-order chi connectivity index (χ1) is 14.1. The predicted octanol–water partition coefficient (Wildman–Crippen LogP) is 3.68. The van der Waals surface area contributed by atoms with E-state index in [1.165, 1.54) is 23.7 Å². The van der Waals surface area contributed by atoms with E-state index in [1.54, 1.807) is 11.3 Å². The number of carboxylic acids is 1. The maximum absolute atomic E-state index is 11.0. The summed E-state index contributed by atoms with van der Waals surface area (Å²) in [5.74, 6) is -0.144. The fourth-order valence-corrected chi connectivity index (χ4v) is 5.48. The van der Waals surface area contributed by atoms with E-state index in [0.717, 1.165) is 31.5 Å². The summed E-state index contributed by atoms with van der Waals surface area (Å²) in [6, 6.07) is 9.85.